The van der Waals surface area contributed by atoms with Crippen LogP contribution in [-0.4, -0.2) is 6.71 Å². The molecule has 0 atom stereocenters. The van der Waals surface area contributed by atoms with E-state index in [4.69, 9.17) is 4.74 Å². The number of rotatable bonds is 3. The summed E-state index contributed by atoms with van der Waals surface area (Å²) in [5.74, 6) is 1.95. The van der Waals surface area contributed by atoms with Crippen LogP contribution < -0.4 is 26.0 Å². The topological polar surface area (TPSA) is 12.5 Å². The van der Waals surface area contributed by atoms with Crippen molar-refractivity contribution in [2.75, 3.05) is 4.90 Å². The molecule has 0 bridgehead atoms. The third-order valence-corrected chi connectivity index (χ3v) is 11.0. The smallest absolute Gasteiger partial charge is 0.256 e. The maximum atomic E-state index is 6.92. The van der Waals surface area contributed by atoms with Crippen LogP contribution in [0.4, 0.5) is 17.1 Å². The molecule has 2 nitrogen and oxygen atoms in total. The Hall–Kier alpha value is -5.02. The van der Waals surface area contributed by atoms with Gasteiger partial charge in [0.25, 0.3) is 6.71 Å². The molecule has 0 unspecified atom stereocenters. The summed E-state index contributed by atoms with van der Waals surface area (Å²) in [7, 11) is 0. The number of hydrogen-bond acceptors (Lipinski definition) is 2. The van der Waals surface area contributed by atoms with Gasteiger partial charge >= 0.3 is 0 Å². The molecule has 0 amide bonds. The van der Waals surface area contributed by atoms with Crippen molar-refractivity contribution in [1.29, 1.82) is 0 Å². The van der Waals surface area contributed by atoms with Gasteiger partial charge in [-0.3, -0.25) is 0 Å². The third kappa shape index (κ3) is 4.40. The molecule has 0 saturated carbocycles. The van der Waals surface area contributed by atoms with Gasteiger partial charge in [-0.15, -0.1) is 0 Å². The van der Waals surface area contributed by atoms with Crippen molar-refractivity contribution in [3.8, 4) is 33.8 Å². The Morgan fingerprint density at radius 3 is 1.79 bits per heavy atom. The Morgan fingerprint density at radius 1 is 0.511 bits per heavy atom. The second-order valence-electron chi connectivity index (χ2n) is 14.8. The fraction of sp³-hybridized carbons (Fsp3) is 0.182. The molecule has 6 aromatic carbocycles. The minimum Gasteiger partial charge on any atom is -0.458 e. The highest BCUT2D eigenvalue weighted by molar-refractivity contribution is 6.99. The SMILES string of the molecule is CC1(C)CCC(C)(C)c2cc3c(cc21)Oc1cccc2c1B3c1cc(-c3ccccc3)ccc1N2c1ccc(-c2ccccc2)cc1. The summed E-state index contributed by atoms with van der Waals surface area (Å²) in [6.45, 7) is 9.69. The first-order valence-electron chi connectivity index (χ1n) is 16.9. The first-order valence-corrected chi connectivity index (χ1v) is 16.9. The van der Waals surface area contributed by atoms with Crippen molar-refractivity contribution in [1.82, 2.24) is 0 Å². The standard InChI is InChI=1S/C44H38BNO/c1-43(2)24-25-44(3,4)35-28-41-37(27-34(35)43)45-36-26-32(30-14-9-6-10-15-30)20-23-38(36)46(39-16-11-17-40(47-41)42(39)45)33-21-18-31(19-22-33)29-12-7-5-8-13-29/h5-23,26-28H,24-25H2,1-4H3. The molecule has 1 aliphatic carbocycles. The second-order valence-corrected chi connectivity index (χ2v) is 14.8. The van der Waals surface area contributed by atoms with E-state index in [-0.39, 0.29) is 17.5 Å². The number of nitrogens with zero attached hydrogens (tertiary/aromatic N) is 1. The monoisotopic (exact) mass is 607 g/mol. The van der Waals surface area contributed by atoms with E-state index in [1.165, 1.54) is 74.0 Å². The lowest BCUT2D eigenvalue weighted by molar-refractivity contribution is 0.330. The van der Waals surface area contributed by atoms with Gasteiger partial charge in [-0.2, -0.15) is 0 Å². The van der Waals surface area contributed by atoms with E-state index < -0.39 is 0 Å². The van der Waals surface area contributed by atoms with Crippen LogP contribution >= 0.6 is 0 Å². The van der Waals surface area contributed by atoms with E-state index in [9.17, 15) is 0 Å². The Balaban J connectivity index is 1.28. The molecule has 2 heterocycles. The fourth-order valence-corrected chi connectivity index (χ4v) is 8.27. The van der Waals surface area contributed by atoms with Crippen LogP contribution in [0, 0.1) is 0 Å². The van der Waals surface area contributed by atoms with Crippen molar-refractivity contribution in [2.45, 2.75) is 51.4 Å². The molecular weight excluding hydrogens is 569 g/mol. The van der Waals surface area contributed by atoms with Crippen LogP contribution in [0.25, 0.3) is 22.3 Å². The van der Waals surface area contributed by atoms with Crippen molar-refractivity contribution in [3.05, 3.63) is 145 Å². The van der Waals surface area contributed by atoms with Crippen LogP contribution in [0.5, 0.6) is 11.5 Å². The summed E-state index contributed by atoms with van der Waals surface area (Å²) in [4.78, 5) is 2.44. The van der Waals surface area contributed by atoms with Gasteiger partial charge in [-0.25, -0.2) is 0 Å². The van der Waals surface area contributed by atoms with Gasteiger partial charge in [-0.05, 0) is 110 Å². The van der Waals surface area contributed by atoms with Crippen molar-refractivity contribution in [2.24, 2.45) is 0 Å². The van der Waals surface area contributed by atoms with Crippen LogP contribution in [0.2, 0.25) is 0 Å². The predicted octanol–water partition coefficient (Wildman–Crippen LogP) is 9.77. The van der Waals surface area contributed by atoms with E-state index >= 15 is 0 Å². The molecule has 228 valence electrons. The summed E-state index contributed by atoms with van der Waals surface area (Å²) in [6.07, 6.45) is 2.36. The average molecular weight is 608 g/mol. The third-order valence-electron chi connectivity index (χ3n) is 11.0. The first kappa shape index (κ1) is 28.2. The summed E-state index contributed by atoms with van der Waals surface area (Å²) in [5, 5.41) is 0. The average Bonchev–Trinajstić information content (AvgIpc) is 3.10. The van der Waals surface area contributed by atoms with E-state index in [0.29, 0.717) is 0 Å². The lowest BCUT2D eigenvalue weighted by Gasteiger charge is -2.44. The second kappa shape index (κ2) is 10.2. The molecule has 0 radical (unpaired) electrons. The molecule has 0 aromatic heterocycles. The van der Waals surface area contributed by atoms with Gasteiger partial charge in [-0.1, -0.05) is 125 Å². The number of hydrogen-bond donors (Lipinski definition) is 0. The molecule has 47 heavy (non-hydrogen) atoms. The zero-order chi connectivity index (χ0) is 31.9. The van der Waals surface area contributed by atoms with Crippen molar-refractivity contribution >= 4 is 40.2 Å². The summed E-state index contributed by atoms with van der Waals surface area (Å²) >= 11 is 0. The highest BCUT2D eigenvalue weighted by Crippen LogP contribution is 2.48. The van der Waals surface area contributed by atoms with Gasteiger partial charge in [0, 0.05) is 17.1 Å². The van der Waals surface area contributed by atoms with Crippen molar-refractivity contribution < 1.29 is 4.74 Å². The molecule has 3 heteroatoms. The van der Waals surface area contributed by atoms with Gasteiger partial charge < -0.3 is 9.64 Å². The number of ether oxygens (including phenoxy) is 1. The minimum atomic E-state index is 0.0644. The van der Waals surface area contributed by atoms with Crippen LogP contribution in [0.15, 0.2) is 133 Å². The summed E-state index contributed by atoms with van der Waals surface area (Å²) < 4.78 is 6.92. The quantitative estimate of drug-likeness (QED) is 0.186. The zero-order valence-electron chi connectivity index (χ0n) is 27.5. The molecule has 9 rings (SSSR count). The van der Waals surface area contributed by atoms with E-state index in [1.54, 1.807) is 0 Å². The molecule has 0 saturated heterocycles. The molecule has 3 aliphatic rings. The lowest BCUT2D eigenvalue weighted by Crippen LogP contribution is -2.60. The van der Waals surface area contributed by atoms with Gasteiger partial charge in [0.1, 0.15) is 11.5 Å². The number of fused-ring (bicyclic) bond motifs is 5. The van der Waals surface area contributed by atoms with Crippen LogP contribution in [0.3, 0.4) is 0 Å². The maximum absolute atomic E-state index is 6.92. The van der Waals surface area contributed by atoms with E-state index in [2.05, 4.69) is 166 Å². The Bertz CT molecular complexity index is 2170. The first-order chi connectivity index (χ1) is 22.8. The molecule has 0 N–H and O–H groups in total. The van der Waals surface area contributed by atoms with Crippen LogP contribution in [0.1, 0.15) is 51.7 Å². The highest BCUT2D eigenvalue weighted by Gasteiger charge is 2.45. The Kier molecular flexibility index (Phi) is 6.15. The molecule has 0 spiro atoms. The summed E-state index contributed by atoms with van der Waals surface area (Å²) in [6, 6.07) is 48.9. The van der Waals surface area contributed by atoms with Gasteiger partial charge in [0.2, 0.25) is 0 Å². The van der Waals surface area contributed by atoms with Gasteiger partial charge in [0.05, 0.1) is 0 Å². The van der Waals surface area contributed by atoms with Gasteiger partial charge in [0.15, 0.2) is 0 Å². The summed E-state index contributed by atoms with van der Waals surface area (Å²) in [5.41, 5.74) is 15.4. The maximum Gasteiger partial charge on any atom is 0.256 e. The number of benzene rings is 6. The largest absolute Gasteiger partial charge is 0.458 e. The van der Waals surface area contributed by atoms with E-state index in [0.717, 1.165) is 17.2 Å². The Labute approximate surface area is 278 Å². The molecule has 2 aliphatic heterocycles. The Morgan fingerprint density at radius 2 is 1.11 bits per heavy atom. The van der Waals surface area contributed by atoms with Crippen molar-refractivity contribution in [3.63, 3.8) is 0 Å². The number of anilines is 3. The highest BCUT2D eigenvalue weighted by atomic mass is 16.5. The zero-order valence-corrected chi connectivity index (χ0v) is 27.5. The minimum absolute atomic E-state index is 0.0644. The molecule has 0 fully saturated rings. The molecular formula is C44H38BNO. The molecule has 6 aromatic rings. The normalized spacial score (nSPS) is 16.3. The lowest BCUT2D eigenvalue weighted by atomic mass is 9.33. The van der Waals surface area contributed by atoms with E-state index in [1.807, 2.05) is 0 Å². The van der Waals surface area contributed by atoms with Crippen LogP contribution in [-0.2, 0) is 10.8 Å². The fourth-order valence-electron chi connectivity index (χ4n) is 8.27. The predicted molar refractivity (Wildman–Crippen MR) is 198 cm³/mol.